The van der Waals surface area contributed by atoms with E-state index in [9.17, 15) is 0 Å². The summed E-state index contributed by atoms with van der Waals surface area (Å²) in [6.45, 7) is 4.66. The molecular formula is C20H27Cl2Zr. The molecule has 2 bridgehead atoms. The molecule has 0 radical (unpaired) electrons. The minimum atomic E-state index is 0. The molecule has 0 N–H and O–H groups in total. The van der Waals surface area contributed by atoms with E-state index in [1.54, 1.807) is 41.4 Å². The Bertz CT molecular complexity index is 554. The minimum absolute atomic E-state index is 0. The van der Waals surface area contributed by atoms with Crippen LogP contribution in [0.4, 0.5) is 0 Å². The molecule has 125 valence electrons. The molecule has 0 fully saturated rings. The maximum absolute atomic E-state index is 2.43. The number of rotatable bonds is 7. The van der Waals surface area contributed by atoms with E-state index < -0.39 is 0 Å². The Labute approximate surface area is 169 Å². The first-order valence-corrected chi connectivity index (χ1v) is 10.0. The first kappa shape index (κ1) is 21.5. The van der Waals surface area contributed by atoms with E-state index in [1.807, 2.05) is 8.85 Å². The summed E-state index contributed by atoms with van der Waals surface area (Å²) in [5.41, 5.74) is 7.54. The van der Waals surface area contributed by atoms with Gasteiger partial charge >= 0.3 is 146 Å². The summed E-state index contributed by atoms with van der Waals surface area (Å²) in [5.74, 6) is 0. The zero-order valence-corrected chi connectivity index (χ0v) is 18.3. The number of halogens is 2. The van der Waals surface area contributed by atoms with Gasteiger partial charge in [-0.05, 0) is 0 Å². The molecule has 23 heavy (non-hydrogen) atoms. The molecule has 0 amide bonds. The Hall–Kier alpha value is 0.423. The van der Waals surface area contributed by atoms with Crippen molar-refractivity contribution in [1.82, 2.24) is 0 Å². The maximum atomic E-state index is 2.43. The number of fused-ring (bicyclic) bond motifs is 1. The van der Waals surface area contributed by atoms with E-state index in [2.05, 4.69) is 32.1 Å². The van der Waals surface area contributed by atoms with Crippen molar-refractivity contribution in [1.29, 1.82) is 0 Å². The normalized spacial score (nSPS) is 25.0. The summed E-state index contributed by atoms with van der Waals surface area (Å²) >= 11 is 1.67. The van der Waals surface area contributed by atoms with Crippen molar-refractivity contribution in [2.45, 2.75) is 71.6 Å². The van der Waals surface area contributed by atoms with Crippen LogP contribution >= 0.6 is 0 Å². The molecule has 0 saturated carbocycles. The monoisotopic (exact) mass is 427 g/mol. The standard InChI is InChI=1S/C20H27.2ClH.Zr/c1-3-5-11-18-16-13-14-20(15-16,17-9-7-8-10-17)19(18)12-6-4-2;;;/h7-9H,3-6,10-14H2,1-2H3;2*1H;/q;;;+2/p-2. The molecule has 3 rings (SSSR count). The topological polar surface area (TPSA) is 0 Å². The Morgan fingerprint density at radius 2 is 1.78 bits per heavy atom. The van der Waals surface area contributed by atoms with Crippen LogP contribution in [-0.2, 0) is 24.7 Å². The van der Waals surface area contributed by atoms with Gasteiger partial charge in [0.15, 0.2) is 0 Å². The van der Waals surface area contributed by atoms with Gasteiger partial charge < -0.3 is 24.8 Å². The predicted molar refractivity (Wildman–Crippen MR) is 86.6 cm³/mol. The van der Waals surface area contributed by atoms with E-state index in [4.69, 9.17) is 0 Å². The van der Waals surface area contributed by atoms with Gasteiger partial charge in [0.2, 0.25) is 0 Å². The van der Waals surface area contributed by atoms with E-state index >= 15 is 0 Å². The second kappa shape index (κ2) is 9.21. The maximum Gasteiger partial charge on any atom is -1.00 e. The van der Waals surface area contributed by atoms with Gasteiger partial charge in [-0.1, -0.05) is 0 Å². The molecule has 3 aliphatic rings. The molecule has 3 aliphatic carbocycles. The van der Waals surface area contributed by atoms with E-state index in [0.717, 1.165) is 0 Å². The molecule has 0 saturated heterocycles. The smallest absolute Gasteiger partial charge is 1.00 e. The Morgan fingerprint density at radius 1 is 1.09 bits per heavy atom. The molecule has 0 nitrogen and oxygen atoms in total. The van der Waals surface area contributed by atoms with E-state index in [1.165, 1.54) is 57.8 Å². The molecule has 0 aromatic heterocycles. The second-order valence-electron chi connectivity index (χ2n) is 6.75. The van der Waals surface area contributed by atoms with Crippen molar-refractivity contribution in [3.05, 3.63) is 43.8 Å². The largest absolute Gasteiger partial charge is 1.00 e. The van der Waals surface area contributed by atoms with Gasteiger partial charge in [-0.2, -0.15) is 0 Å². The molecular weight excluding hydrogens is 402 g/mol. The number of hydrogen-bond acceptors (Lipinski definition) is 0. The van der Waals surface area contributed by atoms with Crippen LogP contribution in [0.3, 0.4) is 0 Å². The molecule has 0 aromatic rings. The van der Waals surface area contributed by atoms with Gasteiger partial charge in [0.05, 0.1) is 0 Å². The Kier molecular flexibility index (Phi) is 8.60. The first-order valence-electron chi connectivity index (χ1n) is 8.80. The Morgan fingerprint density at radius 3 is 2.39 bits per heavy atom. The molecule has 0 aliphatic heterocycles. The van der Waals surface area contributed by atoms with E-state index in [0.29, 0.717) is 5.41 Å². The summed E-state index contributed by atoms with van der Waals surface area (Å²) < 4.78 is 1.81. The average molecular weight is 430 g/mol. The number of allylic oxidation sites excluding steroid dienone is 8. The van der Waals surface area contributed by atoms with Gasteiger partial charge in [0.1, 0.15) is 0 Å². The summed E-state index contributed by atoms with van der Waals surface area (Å²) in [5, 5.41) is 0. The third-order valence-corrected chi connectivity index (χ3v) is 7.39. The van der Waals surface area contributed by atoms with Crippen LogP contribution in [0, 0.1) is 5.41 Å². The van der Waals surface area contributed by atoms with Gasteiger partial charge in [-0.15, -0.1) is 0 Å². The van der Waals surface area contributed by atoms with Crippen molar-refractivity contribution < 1.29 is 49.5 Å². The summed E-state index contributed by atoms with van der Waals surface area (Å²) in [4.78, 5) is 0. The molecule has 0 aromatic carbocycles. The third-order valence-electron chi connectivity index (χ3n) is 5.60. The first-order chi connectivity index (χ1) is 10.3. The quantitative estimate of drug-likeness (QED) is 0.541. The van der Waals surface area contributed by atoms with Crippen LogP contribution in [0.1, 0.15) is 71.6 Å². The predicted octanol–water partition coefficient (Wildman–Crippen LogP) is 0.152. The fourth-order valence-corrected chi connectivity index (χ4v) is 6.27. The molecule has 1 unspecified atom stereocenters. The Balaban J connectivity index is 0.00000132. The second-order valence-corrected chi connectivity index (χ2v) is 7.98. The van der Waals surface area contributed by atoms with Crippen LogP contribution in [0.2, 0.25) is 0 Å². The fourth-order valence-electron chi connectivity index (χ4n) is 4.52. The van der Waals surface area contributed by atoms with Crippen molar-refractivity contribution in [2.24, 2.45) is 5.41 Å². The van der Waals surface area contributed by atoms with Crippen LogP contribution in [0.5, 0.6) is 0 Å². The zero-order chi connectivity index (χ0) is 14.9. The van der Waals surface area contributed by atoms with E-state index in [-0.39, 0.29) is 24.8 Å². The summed E-state index contributed by atoms with van der Waals surface area (Å²) in [7, 11) is 0. The van der Waals surface area contributed by atoms with Gasteiger partial charge in [0, 0.05) is 0 Å². The summed E-state index contributed by atoms with van der Waals surface area (Å²) in [6.07, 6.45) is 19.1. The van der Waals surface area contributed by atoms with Crippen molar-refractivity contribution in [3.8, 4) is 0 Å². The number of unbranched alkanes of at least 4 members (excludes halogenated alkanes) is 2. The van der Waals surface area contributed by atoms with Crippen molar-refractivity contribution >= 4 is 0 Å². The van der Waals surface area contributed by atoms with Crippen LogP contribution in [-0.4, -0.2) is 0 Å². The van der Waals surface area contributed by atoms with Crippen LogP contribution in [0.15, 0.2) is 43.8 Å². The van der Waals surface area contributed by atoms with Gasteiger partial charge in [-0.25, -0.2) is 0 Å². The van der Waals surface area contributed by atoms with Gasteiger partial charge in [-0.3, -0.25) is 0 Å². The molecule has 0 heterocycles. The molecule has 1 atom stereocenters. The zero-order valence-electron chi connectivity index (χ0n) is 14.4. The fraction of sp³-hybridized carbons (Fsp3) is 0.600. The van der Waals surface area contributed by atoms with Crippen LogP contribution < -0.4 is 24.8 Å². The van der Waals surface area contributed by atoms with Crippen molar-refractivity contribution in [2.75, 3.05) is 0 Å². The third kappa shape index (κ3) is 3.54. The molecule has 3 heteroatoms. The van der Waals surface area contributed by atoms with Crippen LogP contribution in [0.25, 0.3) is 0 Å². The average Bonchev–Trinajstić information content (AvgIpc) is 3.18. The van der Waals surface area contributed by atoms with Gasteiger partial charge in [0.25, 0.3) is 0 Å². The molecule has 0 spiro atoms. The summed E-state index contributed by atoms with van der Waals surface area (Å²) in [6, 6.07) is 0. The minimum Gasteiger partial charge on any atom is -1.00 e. The SMILES string of the molecule is CCCCC1=C(CCCC)C2(C3=CC=CC3)CCC1=[C]2[Zr+2].[Cl-].[Cl-]. The van der Waals surface area contributed by atoms with Crippen molar-refractivity contribution in [3.63, 3.8) is 0 Å². The number of hydrogen-bond donors (Lipinski definition) is 0.